The van der Waals surface area contributed by atoms with Gasteiger partial charge in [0.2, 0.25) is 0 Å². The molecule has 2 nitrogen and oxygen atoms in total. The normalized spacial score (nSPS) is 11.2. The minimum Gasteiger partial charge on any atom is -0.468 e. The van der Waals surface area contributed by atoms with Crippen LogP contribution < -0.4 is 5.32 Å². The number of thioether (sulfide) groups is 1. The summed E-state index contributed by atoms with van der Waals surface area (Å²) in [5.41, 5.74) is 1.23. The molecular formula is C12H21NOS. The number of rotatable bonds is 7. The molecule has 3 heteroatoms. The summed E-state index contributed by atoms with van der Waals surface area (Å²) < 4.78 is 5.34. The molecule has 86 valence electrons. The van der Waals surface area contributed by atoms with Crippen LogP contribution in [0.15, 0.2) is 16.7 Å². The van der Waals surface area contributed by atoms with Crippen LogP contribution >= 0.6 is 11.8 Å². The van der Waals surface area contributed by atoms with Gasteiger partial charge >= 0.3 is 0 Å². The van der Waals surface area contributed by atoms with Crippen molar-refractivity contribution in [3.63, 3.8) is 0 Å². The van der Waals surface area contributed by atoms with E-state index in [-0.39, 0.29) is 0 Å². The second-order valence-corrected chi connectivity index (χ2v) is 5.32. The van der Waals surface area contributed by atoms with Gasteiger partial charge in [-0.1, -0.05) is 13.8 Å². The SMILES string of the molecule is Cc1ccoc1CNCCSCC(C)C. The summed E-state index contributed by atoms with van der Waals surface area (Å²) >= 11 is 2.01. The van der Waals surface area contributed by atoms with Crippen molar-refractivity contribution in [3.8, 4) is 0 Å². The third-order valence-corrected chi connectivity index (χ3v) is 3.52. The molecule has 0 fully saturated rings. The summed E-state index contributed by atoms with van der Waals surface area (Å²) in [5.74, 6) is 4.28. The summed E-state index contributed by atoms with van der Waals surface area (Å²) in [7, 11) is 0. The van der Waals surface area contributed by atoms with Crippen LogP contribution in [0.2, 0.25) is 0 Å². The van der Waals surface area contributed by atoms with E-state index in [0.29, 0.717) is 0 Å². The largest absolute Gasteiger partial charge is 0.468 e. The molecule has 1 N–H and O–H groups in total. The molecule has 0 saturated heterocycles. The van der Waals surface area contributed by atoms with Crippen LogP contribution in [0.1, 0.15) is 25.2 Å². The molecule has 0 aliphatic rings. The molecule has 0 aromatic carbocycles. The fraction of sp³-hybridized carbons (Fsp3) is 0.667. The summed E-state index contributed by atoms with van der Waals surface area (Å²) in [6, 6.07) is 2.00. The number of furan rings is 1. The van der Waals surface area contributed by atoms with Crippen molar-refractivity contribution in [2.75, 3.05) is 18.1 Å². The summed E-state index contributed by atoms with van der Waals surface area (Å²) in [4.78, 5) is 0. The zero-order valence-corrected chi connectivity index (χ0v) is 10.7. The van der Waals surface area contributed by atoms with E-state index < -0.39 is 0 Å². The van der Waals surface area contributed by atoms with E-state index in [2.05, 4.69) is 26.1 Å². The Morgan fingerprint density at radius 1 is 1.47 bits per heavy atom. The van der Waals surface area contributed by atoms with E-state index in [1.165, 1.54) is 17.1 Å². The van der Waals surface area contributed by atoms with E-state index in [1.54, 1.807) is 6.26 Å². The molecule has 1 aromatic rings. The van der Waals surface area contributed by atoms with Crippen molar-refractivity contribution >= 4 is 11.8 Å². The van der Waals surface area contributed by atoms with Crippen molar-refractivity contribution in [2.24, 2.45) is 5.92 Å². The Morgan fingerprint density at radius 3 is 2.87 bits per heavy atom. The quantitative estimate of drug-likeness (QED) is 0.725. The van der Waals surface area contributed by atoms with E-state index in [9.17, 15) is 0 Å². The van der Waals surface area contributed by atoms with Gasteiger partial charge in [0.25, 0.3) is 0 Å². The van der Waals surface area contributed by atoms with Crippen molar-refractivity contribution in [1.29, 1.82) is 0 Å². The lowest BCUT2D eigenvalue weighted by molar-refractivity contribution is 0.485. The number of hydrogen-bond acceptors (Lipinski definition) is 3. The predicted molar refractivity (Wildman–Crippen MR) is 67.3 cm³/mol. The molecule has 1 heterocycles. The third kappa shape index (κ3) is 5.28. The van der Waals surface area contributed by atoms with Gasteiger partial charge in [-0.3, -0.25) is 0 Å². The lowest BCUT2D eigenvalue weighted by atomic mass is 10.3. The Kier molecular flexibility index (Phi) is 5.88. The molecule has 0 saturated carbocycles. The molecule has 0 atom stereocenters. The van der Waals surface area contributed by atoms with E-state index in [0.717, 1.165) is 24.8 Å². The van der Waals surface area contributed by atoms with Crippen LogP contribution in [0.25, 0.3) is 0 Å². The molecule has 0 bridgehead atoms. The van der Waals surface area contributed by atoms with Crippen molar-refractivity contribution in [2.45, 2.75) is 27.3 Å². The van der Waals surface area contributed by atoms with E-state index >= 15 is 0 Å². The highest BCUT2D eigenvalue weighted by molar-refractivity contribution is 7.99. The van der Waals surface area contributed by atoms with Gasteiger partial charge in [-0.15, -0.1) is 0 Å². The molecule has 0 aliphatic heterocycles. The Bertz CT molecular complexity index is 270. The van der Waals surface area contributed by atoms with Gasteiger partial charge in [0, 0.05) is 12.3 Å². The van der Waals surface area contributed by atoms with Crippen molar-refractivity contribution in [1.82, 2.24) is 5.32 Å². The minimum absolute atomic E-state index is 0.794. The Hall–Kier alpha value is -0.410. The van der Waals surface area contributed by atoms with Gasteiger partial charge < -0.3 is 9.73 Å². The first-order valence-corrected chi connectivity index (χ1v) is 6.67. The average molecular weight is 227 g/mol. The molecule has 0 spiro atoms. The summed E-state index contributed by atoms with van der Waals surface area (Å²) in [6.07, 6.45) is 1.75. The summed E-state index contributed by atoms with van der Waals surface area (Å²) in [5, 5.41) is 3.39. The van der Waals surface area contributed by atoms with E-state index in [4.69, 9.17) is 4.42 Å². The fourth-order valence-electron chi connectivity index (χ4n) is 1.25. The number of aryl methyl sites for hydroxylation is 1. The van der Waals surface area contributed by atoms with Crippen LogP contribution in [-0.4, -0.2) is 18.1 Å². The molecular weight excluding hydrogens is 206 g/mol. The molecule has 0 radical (unpaired) electrons. The van der Waals surface area contributed by atoms with Crippen LogP contribution in [0.4, 0.5) is 0 Å². The molecule has 1 rings (SSSR count). The van der Waals surface area contributed by atoms with Crippen LogP contribution in [0.5, 0.6) is 0 Å². The van der Waals surface area contributed by atoms with Gasteiger partial charge in [-0.25, -0.2) is 0 Å². The first kappa shape index (κ1) is 12.7. The second-order valence-electron chi connectivity index (χ2n) is 4.17. The van der Waals surface area contributed by atoms with Gasteiger partial charge in [0.05, 0.1) is 12.8 Å². The highest BCUT2D eigenvalue weighted by atomic mass is 32.2. The predicted octanol–water partition coefficient (Wildman–Crippen LogP) is 3.07. The average Bonchev–Trinajstić information content (AvgIpc) is 2.57. The molecule has 1 aromatic heterocycles. The summed E-state index contributed by atoms with van der Waals surface area (Å²) in [6.45, 7) is 8.49. The maximum Gasteiger partial charge on any atom is 0.120 e. The maximum absolute atomic E-state index is 5.34. The maximum atomic E-state index is 5.34. The van der Waals surface area contributed by atoms with Crippen molar-refractivity contribution < 1.29 is 4.42 Å². The van der Waals surface area contributed by atoms with Crippen LogP contribution in [0.3, 0.4) is 0 Å². The lowest BCUT2D eigenvalue weighted by Gasteiger charge is -2.05. The highest BCUT2D eigenvalue weighted by Crippen LogP contribution is 2.08. The van der Waals surface area contributed by atoms with Gasteiger partial charge in [-0.05, 0) is 30.2 Å². The Labute approximate surface area is 96.8 Å². The zero-order chi connectivity index (χ0) is 11.1. The topological polar surface area (TPSA) is 25.2 Å². The van der Waals surface area contributed by atoms with E-state index in [1.807, 2.05) is 17.8 Å². The highest BCUT2D eigenvalue weighted by Gasteiger charge is 2.00. The molecule has 0 aliphatic carbocycles. The molecule has 0 amide bonds. The minimum atomic E-state index is 0.794. The Morgan fingerprint density at radius 2 is 2.27 bits per heavy atom. The van der Waals surface area contributed by atoms with Crippen molar-refractivity contribution in [3.05, 3.63) is 23.7 Å². The monoisotopic (exact) mass is 227 g/mol. The fourth-order valence-corrected chi connectivity index (χ4v) is 2.18. The second kappa shape index (κ2) is 6.96. The first-order chi connectivity index (χ1) is 7.20. The Balaban J connectivity index is 2.00. The number of hydrogen-bond donors (Lipinski definition) is 1. The van der Waals surface area contributed by atoms with Gasteiger partial charge in [-0.2, -0.15) is 11.8 Å². The number of nitrogens with one attached hydrogen (secondary N) is 1. The van der Waals surface area contributed by atoms with Gasteiger partial charge in [0.1, 0.15) is 5.76 Å². The molecule has 15 heavy (non-hydrogen) atoms. The standard InChI is InChI=1S/C12H21NOS/c1-10(2)9-15-7-5-13-8-12-11(3)4-6-14-12/h4,6,10,13H,5,7-9H2,1-3H3. The lowest BCUT2D eigenvalue weighted by Crippen LogP contribution is -2.17. The molecule has 0 unspecified atom stereocenters. The van der Waals surface area contributed by atoms with Crippen LogP contribution in [-0.2, 0) is 6.54 Å². The zero-order valence-electron chi connectivity index (χ0n) is 9.88. The van der Waals surface area contributed by atoms with Gasteiger partial charge in [0.15, 0.2) is 0 Å². The smallest absolute Gasteiger partial charge is 0.120 e. The van der Waals surface area contributed by atoms with Crippen LogP contribution in [0, 0.1) is 12.8 Å². The first-order valence-electron chi connectivity index (χ1n) is 5.51. The third-order valence-electron chi connectivity index (χ3n) is 2.13.